The van der Waals surface area contributed by atoms with E-state index in [0.717, 1.165) is 17.5 Å². The molecule has 1 amide bonds. The number of aryl methyl sites for hydroxylation is 1. The minimum atomic E-state index is -0.317. The molecule has 1 aliphatic rings. The summed E-state index contributed by atoms with van der Waals surface area (Å²) in [4.78, 5) is 16.3. The van der Waals surface area contributed by atoms with E-state index in [2.05, 4.69) is 10.3 Å². The Hall–Kier alpha value is -2.27. The van der Waals surface area contributed by atoms with Crippen LogP contribution >= 0.6 is 0 Å². The minimum absolute atomic E-state index is 0.0143. The van der Waals surface area contributed by atoms with Gasteiger partial charge in [0.05, 0.1) is 25.7 Å². The van der Waals surface area contributed by atoms with Crippen molar-refractivity contribution in [3.63, 3.8) is 0 Å². The molecular weight excluding hydrogens is 307 g/mol. The molecule has 0 radical (unpaired) electrons. The molecule has 0 saturated carbocycles. The summed E-state index contributed by atoms with van der Waals surface area (Å²) in [7, 11) is 0. The number of halogens is 1. The van der Waals surface area contributed by atoms with Crippen LogP contribution in [0.15, 0.2) is 42.7 Å². The largest absolute Gasteiger partial charge is 0.379 e. The molecular formula is C19H21FN2O2. The smallest absolute Gasteiger partial charge is 0.224 e. The van der Waals surface area contributed by atoms with Crippen molar-refractivity contribution in [1.82, 2.24) is 10.3 Å². The van der Waals surface area contributed by atoms with Crippen LogP contribution in [0.25, 0.3) is 0 Å². The van der Waals surface area contributed by atoms with Crippen molar-refractivity contribution < 1.29 is 13.9 Å². The van der Waals surface area contributed by atoms with E-state index in [1.807, 2.05) is 19.1 Å². The first-order valence-corrected chi connectivity index (χ1v) is 8.13. The van der Waals surface area contributed by atoms with E-state index in [9.17, 15) is 9.18 Å². The number of aromatic nitrogens is 1. The second-order valence-electron chi connectivity index (χ2n) is 6.28. The Balaban J connectivity index is 1.60. The van der Waals surface area contributed by atoms with Crippen molar-refractivity contribution in [2.75, 3.05) is 13.2 Å². The molecule has 2 heterocycles. The average molecular weight is 328 g/mol. The zero-order valence-electron chi connectivity index (χ0n) is 13.7. The average Bonchev–Trinajstić information content (AvgIpc) is 2.99. The lowest BCUT2D eigenvalue weighted by Crippen LogP contribution is -2.41. The third-order valence-corrected chi connectivity index (χ3v) is 4.45. The van der Waals surface area contributed by atoms with Gasteiger partial charge in [-0.1, -0.05) is 6.07 Å². The molecule has 1 saturated heterocycles. The molecule has 0 spiro atoms. The summed E-state index contributed by atoms with van der Waals surface area (Å²) in [6, 6.07) is 8.48. The van der Waals surface area contributed by atoms with Gasteiger partial charge in [0.25, 0.3) is 0 Å². The molecule has 3 rings (SSSR count). The maximum absolute atomic E-state index is 13.3. The fourth-order valence-corrected chi connectivity index (χ4v) is 3.04. The summed E-state index contributed by atoms with van der Waals surface area (Å²) in [5.74, 6) is -0.174. The van der Waals surface area contributed by atoms with Gasteiger partial charge in [0.1, 0.15) is 5.82 Å². The lowest BCUT2D eigenvalue weighted by Gasteiger charge is -2.19. The van der Waals surface area contributed by atoms with Gasteiger partial charge in [-0.15, -0.1) is 0 Å². The summed E-state index contributed by atoms with van der Waals surface area (Å²) < 4.78 is 18.9. The molecule has 4 nitrogen and oxygen atoms in total. The van der Waals surface area contributed by atoms with Gasteiger partial charge < -0.3 is 10.1 Å². The van der Waals surface area contributed by atoms with Crippen molar-refractivity contribution in [2.45, 2.75) is 25.8 Å². The second-order valence-corrected chi connectivity index (χ2v) is 6.28. The van der Waals surface area contributed by atoms with Crippen LogP contribution in [0, 0.1) is 18.7 Å². The minimum Gasteiger partial charge on any atom is -0.379 e. The second kappa shape index (κ2) is 7.53. The molecule has 0 bridgehead atoms. The highest BCUT2D eigenvalue weighted by Gasteiger charge is 2.29. The number of amides is 1. The van der Waals surface area contributed by atoms with E-state index >= 15 is 0 Å². The number of hydrogen-bond acceptors (Lipinski definition) is 3. The zero-order valence-corrected chi connectivity index (χ0v) is 13.7. The fourth-order valence-electron chi connectivity index (χ4n) is 3.04. The topological polar surface area (TPSA) is 51.2 Å². The van der Waals surface area contributed by atoms with E-state index < -0.39 is 0 Å². The molecule has 2 aromatic rings. The number of carbonyl (C=O) groups excluding carboxylic acids is 1. The molecule has 1 fully saturated rings. The van der Waals surface area contributed by atoms with E-state index in [0.29, 0.717) is 13.2 Å². The van der Waals surface area contributed by atoms with Gasteiger partial charge in [0, 0.05) is 18.3 Å². The van der Waals surface area contributed by atoms with Gasteiger partial charge >= 0.3 is 0 Å². The molecule has 2 atom stereocenters. The number of carbonyl (C=O) groups is 1. The summed E-state index contributed by atoms with van der Waals surface area (Å²) >= 11 is 0. The van der Waals surface area contributed by atoms with Crippen LogP contribution < -0.4 is 5.32 Å². The Bertz CT molecular complexity index is 706. The summed E-state index contributed by atoms with van der Waals surface area (Å²) in [5.41, 5.74) is 2.82. The Morgan fingerprint density at radius 2 is 2.08 bits per heavy atom. The molecule has 1 N–H and O–H groups in total. The number of benzene rings is 1. The van der Waals surface area contributed by atoms with E-state index in [4.69, 9.17) is 4.74 Å². The number of nitrogens with zero attached hydrogens (tertiary/aromatic N) is 1. The number of hydrogen-bond donors (Lipinski definition) is 1. The first-order chi connectivity index (χ1) is 11.6. The molecule has 5 heteroatoms. The Labute approximate surface area is 141 Å². The van der Waals surface area contributed by atoms with Gasteiger partial charge in [-0.05, 0) is 54.3 Å². The van der Waals surface area contributed by atoms with Crippen molar-refractivity contribution in [3.8, 4) is 0 Å². The van der Waals surface area contributed by atoms with Crippen molar-refractivity contribution in [3.05, 3.63) is 65.2 Å². The Morgan fingerprint density at radius 3 is 2.88 bits per heavy atom. The third-order valence-electron chi connectivity index (χ3n) is 4.45. The molecule has 1 aromatic carbocycles. The van der Waals surface area contributed by atoms with Crippen LogP contribution in [-0.4, -0.2) is 30.1 Å². The number of ether oxygens (including phenoxy) is 1. The van der Waals surface area contributed by atoms with E-state index in [1.165, 1.54) is 17.7 Å². The molecule has 0 aliphatic carbocycles. The molecule has 0 unspecified atom stereocenters. The first kappa shape index (κ1) is 16.6. The van der Waals surface area contributed by atoms with Crippen molar-refractivity contribution in [2.24, 2.45) is 5.92 Å². The number of pyridine rings is 1. The van der Waals surface area contributed by atoms with Gasteiger partial charge in [0.15, 0.2) is 0 Å². The maximum atomic E-state index is 13.3. The standard InChI is InChI=1S/C19H21FN2O2/c1-13-2-3-17(20)9-15(13)10-19(23)22-18-12-24-11-16(18)8-14-4-6-21-7-5-14/h2-7,9,16,18H,8,10-12H2,1H3,(H,22,23)/t16-,18-/m1/s1. The van der Waals surface area contributed by atoms with Gasteiger partial charge in [-0.2, -0.15) is 0 Å². The predicted octanol–water partition coefficient (Wildman–Crippen LogP) is 2.45. The molecule has 1 aliphatic heterocycles. The highest BCUT2D eigenvalue weighted by atomic mass is 19.1. The lowest BCUT2D eigenvalue weighted by molar-refractivity contribution is -0.121. The van der Waals surface area contributed by atoms with E-state index in [-0.39, 0.29) is 30.1 Å². The number of nitrogens with one attached hydrogen (secondary N) is 1. The summed E-state index contributed by atoms with van der Waals surface area (Å²) in [6.07, 6.45) is 4.56. The molecule has 24 heavy (non-hydrogen) atoms. The third kappa shape index (κ3) is 4.17. The maximum Gasteiger partial charge on any atom is 0.224 e. The summed E-state index contributed by atoms with van der Waals surface area (Å²) in [6.45, 7) is 3.03. The first-order valence-electron chi connectivity index (χ1n) is 8.13. The van der Waals surface area contributed by atoms with Crippen molar-refractivity contribution >= 4 is 5.91 Å². The monoisotopic (exact) mass is 328 g/mol. The van der Waals surface area contributed by atoms with Crippen LogP contribution in [0.2, 0.25) is 0 Å². The highest BCUT2D eigenvalue weighted by molar-refractivity contribution is 5.79. The quantitative estimate of drug-likeness (QED) is 0.917. The van der Waals surface area contributed by atoms with E-state index in [1.54, 1.807) is 18.5 Å². The van der Waals surface area contributed by atoms with Crippen LogP contribution in [0.1, 0.15) is 16.7 Å². The Morgan fingerprint density at radius 1 is 1.29 bits per heavy atom. The van der Waals surface area contributed by atoms with Gasteiger partial charge in [0.2, 0.25) is 5.91 Å². The molecule has 1 aromatic heterocycles. The van der Waals surface area contributed by atoms with Gasteiger partial charge in [-0.25, -0.2) is 4.39 Å². The summed E-state index contributed by atoms with van der Waals surface area (Å²) in [5, 5.41) is 3.04. The predicted molar refractivity (Wildman–Crippen MR) is 89.0 cm³/mol. The Kier molecular flexibility index (Phi) is 5.20. The normalized spacial score (nSPS) is 20.1. The van der Waals surface area contributed by atoms with Crippen LogP contribution in [0.4, 0.5) is 4.39 Å². The van der Waals surface area contributed by atoms with Crippen LogP contribution in [0.5, 0.6) is 0 Å². The highest BCUT2D eigenvalue weighted by Crippen LogP contribution is 2.19. The molecule has 126 valence electrons. The van der Waals surface area contributed by atoms with Crippen LogP contribution in [0.3, 0.4) is 0 Å². The number of rotatable bonds is 5. The van der Waals surface area contributed by atoms with Crippen molar-refractivity contribution in [1.29, 1.82) is 0 Å². The van der Waals surface area contributed by atoms with Gasteiger partial charge in [-0.3, -0.25) is 9.78 Å². The fraction of sp³-hybridized carbons (Fsp3) is 0.368. The SMILES string of the molecule is Cc1ccc(F)cc1CC(=O)N[C@@H]1COC[C@H]1Cc1ccncc1. The lowest BCUT2D eigenvalue weighted by atomic mass is 9.95. The zero-order chi connectivity index (χ0) is 16.9. The van der Waals surface area contributed by atoms with Crippen LogP contribution in [-0.2, 0) is 22.4 Å².